The Morgan fingerprint density at radius 1 is 1.58 bits per heavy atom. The van der Waals surface area contributed by atoms with Gasteiger partial charge in [-0.25, -0.2) is 0 Å². The van der Waals surface area contributed by atoms with E-state index < -0.39 is 11.9 Å². The van der Waals surface area contributed by atoms with E-state index in [4.69, 9.17) is 9.84 Å². The molecule has 1 N–H and O–H groups in total. The fourth-order valence-electron chi connectivity index (χ4n) is 2.25. The molecule has 1 saturated heterocycles. The fraction of sp³-hybridized carbons (Fsp3) is 0.538. The molecule has 19 heavy (non-hydrogen) atoms. The maximum Gasteiger partial charge on any atom is 0.308 e. The number of nitrogens with zero attached hydrogens (tertiary/aromatic N) is 1. The number of piperidine rings is 1. The van der Waals surface area contributed by atoms with Crippen LogP contribution in [0.25, 0.3) is 0 Å². The van der Waals surface area contributed by atoms with Gasteiger partial charge in [-0.1, -0.05) is 0 Å². The number of ether oxygens (including phenoxy) is 1. The first kappa shape index (κ1) is 14.0. The van der Waals surface area contributed by atoms with E-state index in [1.54, 1.807) is 12.0 Å². The van der Waals surface area contributed by atoms with Crippen LogP contribution in [0.5, 0.6) is 0 Å². The lowest BCUT2D eigenvalue weighted by molar-refractivity contribution is -0.143. The largest absolute Gasteiger partial charge is 0.481 e. The number of carboxylic acid groups (broad SMARTS) is 1. The molecular weight excluding hydrogens is 266 g/mol. The molecule has 104 valence electrons. The predicted octanol–water partition coefficient (Wildman–Crippen LogP) is 1.83. The average Bonchev–Trinajstić information content (AvgIpc) is 2.87. The summed E-state index contributed by atoms with van der Waals surface area (Å²) in [4.78, 5) is 25.6. The van der Waals surface area contributed by atoms with E-state index in [0.29, 0.717) is 31.0 Å². The van der Waals surface area contributed by atoms with E-state index in [2.05, 4.69) is 0 Å². The van der Waals surface area contributed by atoms with E-state index in [0.717, 1.165) is 12.0 Å². The molecule has 1 aromatic rings. The third-order valence-electron chi connectivity index (χ3n) is 3.23. The zero-order valence-electron chi connectivity index (χ0n) is 10.8. The molecule has 0 saturated carbocycles. The molecule has 1 fully saturated rings. The van der Waals surface area contributed by atoms with Gasteiger partial charge < -0.3 is 14.7 Å². The first-order valence-corrected chi connectivity index (χ1v) is 7.08. The summed E-state index contributed by atoms with van der Waals surface area (Å²) in [5.74, 6) is -1.32. The average molecular weight is 283 g/mol. The fourth-order valence-corrected chi connectivity index (χ4v) is 3.11. The predicted molar refractivity (Wildman–Crippen MR) is 71.3 cm³/mol. The molecule has 2 rings (SSSR count). The van der Waals surface area contributed by atoms with Crippen LogP contribution in [0.4, 0.5) is 0 Å². The molecule has 1 aromatic heterocycles. The van der Waals surface area contributed by atoms with Crippen molar-refractivity contribution in [3.63, 3.8) is 0 Å². The van der Waals surface area contributed by atoms with Gasteiger partial charge in [-0.2, -0.15) is 0 Å². The van der Waals surface area contributed by atoms with E-state index in [-0.39, 0.29) is 5.91 Å². The Morgan fingerprint density at radius 2 is 2.37 bits per heavy atom. The number of hydrogen-bond acceptors (Lipinski definition) is 4. The van der Waals surface area contributed by atoms with Crippen LogP contribution in [0, 0.1) is 5.92 Å². The maximum atomic E-state index is 12.3. The van der Waals surface area contributed by atoms with Crippen molar-refractivity contribution in [2.45, 2.75) is 19.4 Å². The molecule has 6 heteroatoms. The second kappa shape index (κ2) is 6.16. The Kier molecular flexibility index (Phi) is 4.55. The Hall–Kier alpha value is -1.40. The molecule has 0 radical (unpaired) electrons. The number of amides is 1. The van der Waals surface area contributed by atoms with Crippen molar-refractivity contribution in [3.8, 4) is 0 Å². The summed E-state index contributed by atoms with van der Waals surface area (Å²) in [6.45, 7) is 1.44. The van der Waals surface area contributed by atoms with E-state index in [1.165, 1.54) is 11.3 Å². The molecule has 2 heterocycles. The van der Waals surface area contributed by atoms with Gasteiger partial charge >= 0.3 is 5.97 Å². The number of methoxy groups -OCH3 is 1. The number of aliphatic carboxylic acids is 1. The minimum atomic E-state index is -0.816. The lowest BCUT2D eigenvalue weighted by Crippen LogP contribution is -2.42. The Labute approximate surface area is 115 Å². The van der Waals surface area contributed by atoms with Gasteiger partial charge in [0, 0.05) is 20.2 Å². The summed E-state index contributed by atoms with van der Waals surface area (Å²) < 4.78 is 5.02. The first-order chi connectivity index (χ1) is 9.11. The van der Waals surface area contributed by atoms with E-state index in [9.17, 15) is 9.59 Å². The summed E-state index contributed by atoms with van der Waals surface area (Å²) in [5.41, 5.74) is 0.975. The quantitative estimate of drug-likeness (QED) is 0.915. The van der Waals surface area contributed by atoms with E-state index in [1.807, 2.05) is 11.4 Å². The highest BCUT2D eigenvalue weighted by atomic mass is 32.1. The minimum Gasteiger partial charge on any atom is -0.481 e. The Morgan fingerprint density at radius 3 is 3.05 bits per heavy atom. The van der Waals surface area contributed by atoms with Crippen LogP contribution in [0.3, 0.4) is 0 Å². The van der Waals surface area contributed by atoms with Gasteiger partial charge in [-0.05, 0) is 29.9 Å². The maximum absolute atomic E-state index is 12.3. The van der Waals surface area contributed by atoms with Gasteiger partial charge in [0.15, 0.2) is 0 Å². The molecule has 0 bridgehead atoms. The topological polar surface area (TPSA) is 66.8 Å². The first-order valence-electron chi connectivity index (χ1n) is 6.20. The van der Waals surface area contributed by atoms with Gasteiger partial charge in [-0.3, -0.25) is 9.59 Å². The number of hydrogen-bond donors (Lipinski definition) is 1. The summed E-state index contributed by atoms with van der Waals surface area (Å²) in [7, 11) is 1.61. The van der Waals surface area contributed by atoms with Gasteiger partial charge in [-0.15, -0.1) is 11.3 Å². The van der Waals surface area contributed by atoms with Gasteiger partial charge in [0.1, 0.15) is 0 Å². The van der Waals surface area contributed by atoms with Crippen LogP contribution in [-0.4, -0.2) is 42.1 Å². The van der Waals surface area contributed by atoms with Crippen molar-refractivity contribution >= 4 is 23.2 Å². The molecule has 0 aliphatic carbocycles. The van der Waals surface area contributed by atoms with Crippen LogP contribution in [0.15, 0.2) is 11.4 Å². The Bertz CT molecular complexity index is 471. The second-order valence-electron chi connectivity index (χ2n) is 4.68. The number of carboxylic acids is 1. The number of carbonyl (C=O) groups is 2. The number of carbonyl (C=O) groups excluding carboxylic acids is 1. The molecule has 1 amide bonds. The highest BCUT2D eigenvalue weighted by Gasteiger charge is 2.29. The van der Waals surface area contributed by atoms with Crippen molar-refractivity contribution in [2.75, 3.05) is 20.2 Å². The molecule has 1 atom stereocenters. The zero-order chi connectivity index (χ0) is 13.8. The smallest absolute Gasteiger partial charge is 0.308 e. The third-order valence-corrected chi connectivity index (χ3v) is 4.20. The van der Waals surface area contributed by atoms with Crippen molar-refractivity contribution in [3.05, 3.63) is 21.9 Å². The molecule has 0 spiro atoms. The monoisotopic (exact) mass is 283 g/mol. The van der Waals surface area contributed by atoms with Gasteiger partial charge in [0.2, 0.25) is 0 Å². The summed E-state index contributed by atoms with van der Waals surface area (Å²) in [5, 5.41) is 10.9. The van der Waals surface area contributed by atoms with E-state index >= 15 is 0 Å². The van der Waals surface area contributed by atoms with Gasteiger partial charge in [0.05, 0.1) is 17.4 Å². The van der Waals surface area contributed by atoms with Crippen molar-refractivity contribution in [1.82, 2.24) is 4.90 Å². The summed E-state index contributed by atoms with van der Waals surface area (Å²) >= 11 is 1.38. The van der Waals surface area contributed by atoms with Crippen molar-refractivity contribution < 1.29 is 19.4 Å². The van der Waals surface area contributed by atoms with Gasteiger partial charge in [0.25, 0.3) is 5.91 Å². The SMILES string of the molecule is COCc1csc(C(=O)N2CCCC(C(=O)O)C2)c1. The van der Waals surface area contributed by atoms with Crippen LogP contribution in [-0.2, 0) is 16.1 Å². The molecule has 1 aliphatic heterocycles. The Balaban J connectivity index is 2.03. The lowest BCUT2D eigenvalue weighted by Gasteiger charge is -2.30. The molecule has 5 nitrogen and oxygen atoms in total. The number of rotatable bonds is 4. The lowest BCUT2D eigenvalue weighted by atomic mass is 9.98. The third kappa shape index (κ3) is 3.33. The van der Waals surface area contributed by atoms with Crippen molar-refractivity contribution in [1.29, 1.82) is 0 Å². The summed E-state index contributed by atoms with van der Waals surface area (Å²) in [6.07, 6.45) is 1.40. The van der Waals surface area contributed by atoms with Crippen LogP contribution < -0.4 is 0 Å². The van der Waals surface area contributed by atoms with Crippen LogP contribution >= 0.6 is 11.3 Å². The van der Waals surface area contributed by atoms with Crippen LogP contribution in [0.2, 0.25) is 0 Å². The second-order valence-corrected chi connectivity index (χ2v) is 5.59. The standard InChI is InChI=1S/C13H17NO4S/c1-18-7-9-5-11(19-8-9)12(15)14-4-2-3-10(6-14)13(16)17/h5,8,10H,2-4,6-7H2,1H3,(H,16,17). The molecule has 1 unspecified atom stereocenters. The van der Waals surface area contributed by atoms with Crippen molar-refractivity contribution in [2.24, 2.45) is 5.92 Å². The van der Waals surface area contributed by atoms with Crippen LogP contribution in [0.1, 0.15) is 28.1 Å². The number of thiophene rings is 1. The molecular formula is C13H17NO4S. The zero-order valence-corrected chi connectivity index (χ0v) is 11.6. The minimum absolute atomic E-state index is 0.0710. The highest BCUT2D eigenvalue weighted by molar-refractivity contribution is 7.12. The molecule has 1 aliphatic rings. The normalized spacial score (nSPS) is 19.4. The highest BCUT2D eigenvalue weighted by Crippen LogP contribution is 2.22. The summed E-state index contributed by atoms with van der Waals surface area (Å²) in [6, 6.07) is 1.82. The molecule has 0 aromatic carbocycles. The number of likely N-dealkylation sites (tertiary alicyclic amines) is 1.